The molecule has 0 saturated heterocycles. The van der Waals surface area contributed by atoms with Crippen molar-refractivity contribution in [1.29, 1.82) is 0 Å². The topological polar surface area (TPSA) is 86.8 Å². The van der Waals surface area contributed by atoms with Crippen LogP contribution >= 0.6 is 15.9 Å². The predicted octanol–water partition coefficient (Wildman–Crippen LogP) is 4.67. The van der Waals surface area contributed by atoms with Crippen LogP contribution in [0.1, 0.15) is 58.6 Å². The summed E-state index contributed by atoms with van der Waals surface area (Å²) in [4.78, 5) is 28.1. The van der Waals surface area contributed by atoms with Crippen LogP contribution in [0.25, 0.3) is 0 Å². The second kappa shape index (κ2) is 11.6. The van der Waals surface area contributed by atoms with E-state index in [1.165, 1.54) is 4.90 Å². The maximum Gasteiger partial charge on any atom is 0.244 e. The van der Waals surface area contributed by atoms with Crippen LogP contribution in [0.4, 0.5) is 5.69 Å². The molecule has 2 rings (SSSR count). The molecule has 2 amide bonds. The average molecular weight is 567 g/mol. The van der Waals surface area contributed by atoms with Crippen LogP contribution in [-0.4, -0.2) is 49.5 Å². The first-order valence-electron chi connectivity index (χ1n) is 11.5. The van der Waals surface area contributed by atoms with Crippen LogP contribution in [0.3, 0.4) is 0 Å². The lowest BCUT2D eigenvalue weighted by Crippen LogP contribution is -2.54. The van der Waals surface area contributed by atoms with E-state index < -0.39 is 34.1 Å². The van der Waals surface area contributed by atoms with Crippen molar-refractivity contribution in [3.8, 4) is 0 Å². The summed E-state index contributed by atoms with van der Waals surface area (Å²) >= 11 is 3.41. The number of hydrogen-bond acceptors (Lipinski definition) is 4. The SMILES string of the molecule is CC(C)c1ccccc1N(CC(=O)N(Cc1ccc(Br)cc1)C(C)C(=O)NC(C)(C)C)S(C)(=O)=O. The lowest BCUT2D eigenvalue weighted by atomic mass is 10.0. The Hall–Kier alpha value is -2.39. The summed E-state index contributed by atoms with van der Waals surface area (Å²) in [7, 11) is -3.78. The van der Waals surface area contributed by atoms with Crippen LogP contribution in [0.2, 0.25) is 0 Å². The van der Waals surface area contributed by atoms with Gasteiger partial charge in [-0.3, -0.25) is 13.9 Å². The molecule has 192 valence electrons. The van der Waals surface area contributed by atoms with Crippen LogP contribution in [0, 0.1) is 0 Å². The third kappa shape index (κ3) is 8.35. The highest BCUT2D eigenvalue weighted by Crippen LogP contribution is 2.29. The van der Waals surface area contributed by atoms with E-state index in [0.717, 1.165) is 26.2 Å². The predicted molar refractivity (Wildman–Crippen MR) is 145 cm³/mol. The normalized spacial score (nSPS) is 12.8. The molecule has 0 bridgehead atoms. The number of nitrogens with zero attached hydrogens (tertiary/aromatic N) is 2. The number of halogens is 1. The van der Waals surface area contributed by atoms with Gasteiger partial charge in [0.05, 0.1) is 11.9 Å². The summed E-state index contributed by atoms with van der Waals surface area (Å²) in [6.07, 6.45) is 1.09. The van der Waals surface area contributed by atoms with Gasteiger partial charge in [0.15, 0.2) is 0 Å². The molecule has 0 aliphatic rings. The second-order valence-electron chi connectivity index (χ2n) is 10.0. The number of sulfonamides is 1. The van der Waals surface area contributed by atoms with Crippen molar-refractivity contribution in [2.45, 2.75) is 65.6 Å². The lowest BCUT2D eigenvalue weighted by molar-refractivity contribution is -0.140. The number of carbonyl (C=O) groups is 2. The molecule has 0 aliphatic carbocycles. The third-order valence-electron chi connectivity index (χ3n) is 5.44. The molecule has 0 fully saturated rings. The minimum atomic E-state index is -3.78. The average Bonchev–Trinajstić information content (AvgIpc) is 2.74. The number of nitrogens with one attached hydrogen (secondary N) is 1. The molecule has 0 heterocycles. The molecule has 2 aromatic carbocycles. The van der Waals surface area contributed by atoms with E-state index in [2.05, 4.69) is 21.2 Å². The fourth-order valence-electron chi connectivity index (χ4n) is 3.64. The Bertz CT molecular complexity index is 1140. The van der Waals surface area contributed by atoms with Crippen molar-refractivity contribution >= 4 is 43.5 Å². The summed E-state index contributed by atoms with van der Waals surface area (Å²) in [6, 6.07) is 13.8. The van der Waals surface area contributed by atoms with Crippen LogP contribution in [0.15, 0.2) is 53.0 Å². The van der Waals surface area contributed by atoms with Gasteiger partial charge >= 0.3 is 0 Å². The summed E-state index contributed by atoms with van der Waals surface area (Å²) < 4.78 is 27.7. The zero-order valence-electron chi connectivity index (χ0n) is 21.5. The van der Waals surface area contributed by atoms with E-state index >= 15 is 0 Å². The molecular weight excluding hydrogens is 530 g/mol. The van der Waals surface area contributed by atoms with Crippen molar-refractivity contribution < 1.29 is 18.0 Å². The molecule has 1 unspecified atom stereocenters. The first-order valence-corrected chi connectivity index (χ1v) is 14.2. The highest BCUT2D eigenvalue weighted by atomic mass is 79.9. The number of rotatable bonds is 9. The third-order valence-corrected chi connectivity index (χ3v) is 7.09. The Labute approximate surface area is 218 Å². The summed E-state index contributed by atoms with van der Waals surface area (Å²) in [5, 5.41) is 2.92. The van der Waals surface area contributed by atoms with Gasteiger partial charge in [-0.25, -0.2) is 8.42 Å². The molecule has 0 spiro atoms. The van der Waals surface area contributed by atoms with Gasteiger partial charge in [0.25, 0.3) is 0 Å². The Morgan fingerprint density at radius 2 is 1.57 bits per heavy atom. The largest absolute Gasteiger partial charge is 0.350 e. The number of carbonyl (C=O) groups excluding carboxylic acids is 2. The van der Waals surface area contributed by atoms with Crippen LogP contribution in [0.5, 0.6) is 0 Å². The van der Waals surface area contributed by atoms with Crippen LogP contribution < -0.4 is 9.62 Å². The van der Waals surface area contributed by atoms with E-state index in [1.807, 2.05) is 71.0 Å². The minimum Gasteiger partial charge on any atom is -0.350 e. The summed E-state index contributed by atoms with van der Waals surface area (Å²) in [6.45, 7) is 11.0. The quantitative estimate of drug-likeness (QED) is 0.478. The van der Waals surface area contributed by atoms with E-state index in [4.69, 9.17) is 0 Å². The summed E-state index contributed by atoms with van der Waals surface area (Å²) in [5.41, 5.74) is 1.63. The Morgan fingerprint density at radius 1 is 1.00 bits per heavy atom. The van der Waals surface area contributed by atoms with Crippen molar-refractivity contribution in [2.75, 3.05) is 17.1 Å². The molecule has 1 N–H and O–H groups in total. The number of amides is 2. The molecule has 2 aromatic rings. The summed E-state index contributed by atoms with van der Waals surface area (Å²) in [5.74, 6) is -0.717. The molecule has 0 aliphatic heterocycles. The standard InChI is InChI=1S/C26H36BrN3O4S/c1-18(2)22-10-8-9-11-23(22)30(35(7,33)34)17-24(31)29(16-20-12-14-21(27)15-13-20)19(3)25(32)28-26(4,5)6/h8-15,18-19H,16-17H2,1-7H3,(H,28,32). The fourth-order valence-corrected chi connectivity index (χ4v) is 4.77. The molecule has 0 aromatic heterocycles. The number of hydrogen-bond donors (Lipinski definition) is 1. The second-order valence-corrected chi connectivity index (χ2v) is 12.9. The van der Waals surface area contributed by atoms with E-state index in [0.29, 0.717) is 5.69 Å². The van der Waals surface area contributed by atoms with Gasteiger partial charge in [-0.15, -0.1) is 0 Å². The number of para-hydroxylation sites is 1. The van der Waals surface area contributed by atoms with E-state index in [1.54, 1.807) is 19.1 Å². The van der Waals surface area contributed by atoms with E-state index in [9.17, 15) is 18.0 Å². The Balaban J connectivity index is 2.46. The van der Waals surface area contributed by atoms with Crippen LogP contribution in [-0.2, 0) is 26.2 Å². The molecule has 7 nitrogen and oxygen atoms in total. The molecule has 0 saturated carbocycles. The first-order chi connectivity index (χ1) is 16.1. The van der Waals surface area contributed by atoms with Gasteiger partial charge < -0.3 is 10.2 Å². The van der Waals surface area contributed by atoms with Crippen molar-refractivity contribution in [1.82, 2.24) is 10.2 Å². The zero-order valence-corrected chi connectivity index (χ0v) is 23.9. The molecule has 35 heavy (non-hydrogen) atoms. The fraction of sp³-hybridized carbons (Fsp3) is 0.462. The van der Waals surface area contributed by atoms with Gasteiger partial charge in [0, 0.05) is 16.6 Å². The van der Waals surface area contributed by atoms with Crippen molar-refractivity contribution in [2.24, 2.45) is 0 Å². The first kappa shape index (κ1) is 28.8. The van der Waals surface area contributed by atoms with Crippen molar-refractivity contribution in [3.63, 3.8) is 0 Å². The smallest absolute Gasteiger partial charge is 0.244 e. The molecule has 9 heteroatoms. The lowest BCUT2D eigenvalue weighted by Gasteiger charge is -2.33. The Kier molecular flexibility index (Phi) is 9.53. The number of benzene rings is 2. The highest BCUT2D eigenvalue weighted by Gasteiger charge is 2.32. The van der Waals surface area contributed by atoms with Gasteiger partial charge in [-0.05, 0) is 62.9 Å². The van der Waals surface area contributed by atoms with Gasteiger partial charge in [0.1, 0.15) is 12.6 Å². The Morgan fingerprint density at radius 3 is 2.09 bits per heavy atom. The van der Waals surface area contributed by atoms with Gasteiger partial charge in [-0.2, -0.15) is 0 Å². The monoisotopic (exact) mass is 565 g/mol. The zero-order chi connectivity index (χ0) is 26.6. The maximum atomic E-state index is 13.7. The maximum absolute atomic E-state index is 13.7. The molecule has 0 radical (unpaired) electrons. The molecular formula is C26H36BrN3O4S. The van der Waals surface area contributed by atoms with Gasteiger partial charge in [-0.1, -0.05) is 60.1 Å². The molecule has 1 atom stereocenters. The minimum absolute atomic E-state index is 0.0564. The highest BCUT2D eigenvalue weighted by molar-refractivity contribution is 9.10. The van der Waals surface area contributed by atoms with Gasteiger partial charge in [0.2, 0.25) is 21.8 Å². The number of anilines is 1. The van der Waals surface area contributed by atoms with E-state index in [-0.39, 0.29) is 18.4 Å². The van der Waals surface area contributed by atoms with Crippen molar-refractivity contribution in [3.05, 3.63) is 64.1 Å².